The van der Waals surface area contributed by atoms with Crippen molar-refractivity contribution in [3.05, 3.63) is 34.9 Å². The summed E-state index contributed by atoms with van der Waals surface area (Å²) in [7, 11) is 0. The Bertz CT molecular complexity index is 464. The SMILES string of the molecule is CCC1CCC(C(=O)O)C(c2ccc(C)c(C)c2)C1. The van der Waals surface area contributed by atoms with Crippen molar-refractivity contribution in [2.45, 2.75) is 52.4 Å². The first kappa shape index (κ1) is 14.1. The average Bonchev–Trinajstić information content (AvgIpc) is 2.41. The second-order valence-electron chi connectivity index (χ2n) is 5.98. The molecule has 1 fully saturated rings. The van der Waals surface area contributed by atoms with Crippen molar-refractivity contribution in [2.75, 3.05) is 0 Å². The van der Waals surface area contributed by atoms with Crippen LogP contribution >= 0.6 is 0 Å². The monoisotopic (exact) mass is 260 g/mol. The molecule has 1 saturated carbocycles. The Kier molecular flexibility index (Phi) is 4.28. The van der Waals surface area contributed by atoms with E-state index in [1.165, 1.54) is 16.7 Å². The van der Waals surface area contributed by atoms with Crippen molar-refractivity contribution >= 4 is 5.97 Å². The lowest BCUT2D eigenvalue weighted by molar-refractivity contribution is -0.143. The number of benzene rings is 1. The summed E-state index contributed by atoms with van der Waals surface area (Å²) in [6, 6.07) is 6.44. The maximum atomic E-state index is 11.5. The van der Waals surface area contributed by atoms with Crippen molar-refractivity contribution in [2.24, 2.45) is 11.8 Å². The Balaban J connectivity index is 2.30. The summed E-state index contributed by atoms with van der Waals surface area (Å²) in [5.41, 5.74) is 3.76. The number of carboxylic acids is 1. The summed E-state index contributed by atoms with van der Waals surface area (Å²) in [6.07, 6.45) is 4.07. The molecule has 0 amide bonds. The number of aliphatic carboxylic acids is 1. The van der Waals surface area contributed by atoms with Gasteiger partial charge in [-0.2, -0.15) is 0 Å². The van der Waals surface area contributed by atoms with Crippen molar-refractivity contribution in [1.82, 2.24) is 0 Å². The van der Waals surface area contributed by atoms with Crippen LogP contribution in [0.25, 0.3) is 0 Å². The molecular weight excluding hydrogens is 236 g/mol. The van der Waals surface area contributed by atoms with Gasteiger partial charge >= 0.3 is 5.97 Å². The second kappa shape index (κ2) is 5.77. The highest BCUT2D eigenvalue weighted by molar-refractivity contribution is 5.71. The maximum absolute atomic E-state index is 11.5. The van der Waals surface area contributed by atoms with Crippen LogP contribution in [0.5, 0.6) is 0 Å². The Morgan fingerprint density at radius 3 is 2.58 bits per heavy atom. The molecule has 2 nitrogen and oxygen atoms in total. The Labute approximate surface area is 115 Å². The molecule has 0 heterocycles. The minimum atomic E-state index is -0.627. The van der Waals surface area contributed by atoms with Crippen molar-refractivity contribution in [1.29, 1.82) is 0 Å². The van der Waals surface area contributed by atoms with E-state index < -0.39 is 5.97 Å². The lowest BCUT2D eigenvalue weighted by Crippen LogP contribution is -2.29. The molecule has 3 unspecified atom stereocenters. The summed E-state index contributed by atoms with van der Waals surface area (Å²) >= 11 is 0. The first-order chi connectivity index (χ1) is 9.02. The molecule has 0 aromatic heterocycles. The molecule has 0 bridgehead atoms. The summed E-state index contributed by atoms with van der Waals surface area (Å²) < 4.78 is 0. The predicted octanol–water partition coefficient (Wildman–Crippen LogP) is 4.30. The summed E-state index contributed by atoms with van der Waals surface area (Å²) in [6.45, 7) is 6.42. The Morgan fingerprint density at radius 1 is 1.26 bits per heavy atom. The van der Waals surface area contributed by atoms with E-state index >= 15 is 0 Å². The van der Waals surface area contributed by atoms with E-state index in [0.29, 0.717) is 5.92 Å². The van der Waals surface area contributed by atoms with Crippen LogP contribution in [0.4, 0.5) is 0 Å². The third-order valence-electron chi connectivity index (χ3n) is 4.81. The van der Waals surface area contributed by atoms with Crippen LogP contribution in [0.1, 0.15) is 55.2 Å². The van der Waals surface area contributed by atoms with E-state index in [2.05, 4.69) is 39.0 Å². The van der Waals surface area contributed by atoms with Gasteiger partial charge in [-0.1, -0.05) is 31.5 Å². The third kappa shape index (κ3) is 2.99. The highest BCUT2D eigenvalue weighted by Crippen LogP contribution is 2.42. The Hall–Kier alpha value is -1.31. The number of hydrogen-bond donors (Lipinski definition) is 1. The van der Waals surface area contributed by atoms with Gasteiger partial charge in [0.25, 0.3) is 0 Å². The minimum Gasteiger partial charge on any atom is -0.481 e. The largest absolute Gasteiger partial charge is 0.481 e. The first-order valence-electron chi connectivity index (χ1n) is 7.32. The molecule has 1 aromatic rings. The van der Waals surface area contributed by atoms with Gasteiger partial charge in [0.1, 0.15) is 0 Å². The van der Waals surface area contributed by atoms with E-state index in [9.17, 15) is 9.90 Å². The zero-order chi connectivity index (χ0) is 14.0. The topological polar surface area (TPSA) is 37.3 Å². The average molecular weight is 260 g/mol. The maximum Gasteiger partial charge on any atom is 0.307 e. The number of carboxylic acid groups (broad SMARTS) is 1. The number of carbonyl (C=O) groups is 1. The van der Waals surface area contributed by atoms with Crippen LogP contribution in [0.15, 0.2) is 18.2 Å². The number of rotatable bonds is 3. The fourth-order valence-corrected chi connectivity index (χ4v) is 3.29. The van der Waals surface area contributed by atoms with Gasteiger partial charge in [0.2, 0.25) is 0 Å². The van der Waals surface area contributed by atoms with E-state index in [-0.39, 0.29) is 11.8 Å². The summed E-state index contributed by atoms with van der Waals surface area (Å²) in [5.74, 6) is 0.0420. The molecule has 2 rings (SSSR count). The molecule has 1 aromatic carbocycles. The fraction of sp³-hybridized carbons (Fsp3) is 0.588. The molecule has 0 radical (unpaired) electrons. The van der Waals surface area contributed by atoms with Gasteiger partial charge in [-0.25, -0.2) is 0 Å². The van der Waals surface area contributed by atoms with Crippen LogP contribution in [-0.2, 0) is 4.79 Å². The molecule has 0 aliphatic heterocycles. The molecule has 104 valence electrons. The predicted molar refractivity (Wildman–Crippen MR) is 77.4 cm³/mol. The molecule has 2 heteroatoms. The lowest BCUT2D eigenvalue weighted by atomic mass is 9.70. The molecule has 1 N–H and O–H groups in total. The van der Waals surface area contributed by atoms with Crippen LogP contribution < -0.4 is 0 Å². The zero-order valence-electron chi connectivity index (χ0n) is 12.1. The van der Waals surface area contributed by atoms with Gasteiger partial charge in [0, 0.05) is 0 Å². The van der Waals surface area contributed by atoms with Crippen molar-refractivity contribution in [3.63, 3.8) is 0 Å². The molecule has 0 spiro atoms. The van der Waals surface area contributed by atoms with Gasteiger partial charge in [-0.3, -0.25) is 4.79 Å². The summed E-state index contributed by atoms with van der Waals surface area (Å²) in [4.78, 5) is 11.5. The summed E-state index contributed by atoms with van der Waals surface area (Å²) in [5, 5.41) is 9.45. The van der Waals surface area contributed by atoms with E-state index in [1.54, 1.807) is 0 Å². The van der Waals surface area contributed by atoms with Crippen molar-refractivity contribution < 1.29 is 9.90 Å². The number of hydrogen-bond acceptors (Lipinski definition) is 1. The van der Waals surface area contributed by atoms with Gasteiger partial charge in [-0.15, -0.1) is 0 Å². The van der Waals surface area contributed by atoms with E-state index in [1.807, 2.05) is 0 Å². The molecule has 0 saturated heterocycles. The zero-order valence-corrected chi connectivity index (χ0v) is 12.1. The van der Waals surface area contributed by atoms with Gasteiger partial charge in [-0.05, 0) is 61.6 Å². The normalized spacial score (nSPS) is 27.2. The molecule has 3 atom stereocenters. The molecular formula is C17H24O2. The standard InChI is InChI=1S/C17H24O2/c1-4-13-6-8-15(17(18)19)16(10-13)14-7-5-11(2)12(3)9-14/h5,7,9,13,15-16H,4,6,8,10H2,1-3H3,(H,18,19). The first-order valence-corrected chi connectivity index (χ1v) is 7.32. The molecule has 1 aliphatic rings. The highest BCUT2D eigenvalue weighted by atomic mass is 16.4. The van der Waals surface area contributed by atoms with Crippen molar-refractivity contribution in [3.8, 4) is 0 Å². The van der Waals surface area contributed by atoms with Gasteiger partial charge < -0.3 is 5.11 Å². The Morgan fingerprint density at radius 2 is 2.00 bits per heavy atom. The van der Waals surface area contributed by atoms with Crippen LogP contribution in [0.2, 0.25) is 0 Å². The third-order valence-corrected chi connectivity index (χ3v) is 4.81. The lowest BCUT2D eigenvalue weighted by Gasteiger charge is -2.34. The number of aryl methyl sites for hydroxylation is 2. The van der Waals surface area contributed by atoms with Gasteiger partial charge in [0.15, 0.2) is 0 Å². The van der Waals surface area contributed by atoms with Crippen LogP contribution in [0, 0.1) is 25.7 Å². The fourth-order valence-electron chi connectivity index (χ4n) is 3.29. The van der Waals surface area contributed by atoms with Crippen LogP contribution in [0.3, 0.4) is 0 Å². The molecule has 19 heavy (non-hydrogen) atoms. The minimum absolute atomic E-state index is 0.190. The quantitative estimate of drug-likeness (QED) is 0.879. The van der Waals surface area contributed by atoms with E-state index in [0.717, 1.165) is 25.7 Å². The van der Waals surface area contributed by atoms with E-state index in [4.69, 9.17) is 0 Å². The van der Waals surface area contributed by atoms with Gasteiger partial charge in [0.05, 0.1) is 5.92 Å². The van der Waals surface area contributed by atoms with Crippen LogP contribution in [-0.4, -0.2) is 11.1 Å². The molecule has 1 aliphatic carbocycles. The second-order valence-corrected chi connectivity index (χ2v) is 5.98. The smallest absolute Gasteiger partial charge is 0.307 e. The highest BCUT2D eigenvalue weighted by Gasteiger charge is 2.35.